The Morgan fingerprint density at radius 1 is 1.09 bits per heavy atom. The summed E-state index contributed by atoms with van der Waals surface area (Å²) in [6.45, 7) is 3.43. The van der Waals surface area contributed by atoms with Gasteiger partial charge in [0.1, 0.15) is 0 Å². The molecule has 3 fully saturated rings. The molecule has 2 saturated carbocycles. The fourth-order valence-corrected chi connectivity index (χ4v) is 5.91. The standard InChI is InChI=1S/C23H28F2N2O5/c1-21(26-20(29)30-2)10-16(11-21)19(28)27-7-5-22(6-8-27)12-15(13-22)14-3-4-17-18(9-14)32-23(24,25)31-17/h3-4,9,15-16H,5-8,10-13H2,1-2H3,(H,26,29)/t16-,21+. The van der Waals surface area contributed by atoms with Crippen LogP contribution in [0.1, 0.15) is 56.9 Å². The van der Waals surface area contributed by atoms with Crippen LogP contribution in [-0.4, -0.2) is 48.9 Å². The maximum atomic E-state index is 13.3. The Morgan fingerprint density at radius 2 is 1.75 bits per heavy atom. The lowest BCUT2D eigenvalue weighted by atomic mass is 9.56. The lowest BCUT2D eigenvalue weighted by Gasteiger charge is -2.53. The number of amides is 2. The van der Waals surface area contributed by atoms with Crippen molar-refractivity contribution >= 4 is 12.0 Å². The molecular weight excluding hydrogens is 422 g/mol. The van der Waals surface area contributed by atoms with Crippen molar-refractivity contribution in [3.63, 3.8) is 0 Å². The molecular formula is C23H28F2N2O5. The summed E-state index contributed by atoms with van der Waals surface area (Å²) in [6.07, 6.45) is 1.13. The third-order valence-corrected chi connectivity index (χ3v) is 7.72. The van der Waals surface area contributed by atoms with Gasteiger partial charge in [0.25, 0.3) is 0 Å². The molecule has 1 aromatic rings. The number of benzene rings is 1. The number of hydrogen-bond acceptors (Lipinski definition) is 5. The molecule has 2 amide bonds. The third kappa shape index (κ3) is 3.75. The van der Waals surface area contributed by atoms with E-state index < -0.39 is 12.4 Å². The maximum Gasteiger partial charge on any atom is 0.586 e. The number of likely N-dealkylation sites (tertiary alicyclic amines) is 1. The Morgan fingerprint density at radius 3 is 2.41 bits per heavy atom. The second-order valence-corrected chi connectivity index (χ2v) is 10.1. The summed E-state index contributed by atoms with van der Waals surface area (Å²) in [5.41, 5.74) is 0.851. The van der Waals surface area contributed by atoms with E-state index in [9.17, 15) is 18.4 Å². The second kappa shape index (κ2) is 7.22. The number of nitrogens with one attached hydrogen (secondary N) is 1. The number of piperidine rings is 1. The van der Waals surface area contributed by atoms with Crippen molar-refractivity contribution in [1.82, 2.24) is 10.2 Å². The Balaban J connectivity index is 1.11. The molecule has 7 nitrogen and oxygen atoms in total. The first kappa shape index (κ1) is 21.3. The number of nitrogens with zero attached hydrogens (tertiary/aromatic N) is 1. The molecule has 2 aliphatic heterocycles. The summed E-state index contributed by atoms with van der Waals surface area (Å²) in [5.74, 6) is 0.623. The highest BCUT2D eigenvalue weighted by Gasteiger charge is 2.50. The predicted molar refractivity (Wildman–Crippen MR) is 110 cm³/mol. The third-order valence-electron chi connectivity index (χ3n) is 7.72. The van der Waals surface area contributed by atoms with E-state index in [0.717, 1.165) is 44.3 Å². The summed E-state index contributed by atoms with van der Waals surface area (Å²) in [6, 6.07) is 5.07. The van der Waals surface area contributed by atoms with E-state index in [1.807, 2.05) is 17.9 Å². The van der Waals surface area contributed by atoms with Crippen LogP contribution in [0.2, 0.25) is 0 Å². The summed E-state index contributed by atoms with van der Waals surface area (Å²) >= 11 is 0. The first-order chi connectivity index (χ1) is 15.1. The molecule has 2 aliphatic carbocycles. The van der Waals surface area contributed by atoms with E-state index in [1.165, 1.54) is 7.11 Å². The number of alkyl carbamates (subject to hydrolysis) is 1. The smallest absolute Gasteiger partial charge is 0.453 e. The molecule has 1 aromatic carbocycles. The number of carbonyl (C=O) groups is 2. The first-order valence-electron chi connectivity index (χ1n) is 11.1. The molecule has 0 atom stereocenters. The number of methoxy groups -OCH3 is 1. The van der Waals surface area contributed by atoms with Crippen LogP contribution in [0.3, 0.4) is 0 Å². The molecule has 4 aliphatic rings. The van der Waals surface area contributed by atoms with Gasteiger partial charge in [-0.2, -0.15) is 0 Å². The van der Waals surface area contributed by atoms with E-state index in [1.54, 1.807) is 12.1 Å². The SMILES string of the molecule is COC(=O)N[C@]1(C)C[C@H](C(=O)N2CCC3(CC2)CC(c2ccc4c(c2)OC(F)(F)O4)C3)C1. The molecule has 32 heavy (non-hydrogen) atoms. The van der Waals surface area contributed by atoms with Gasteiger partial charge in [0, 0.05) is 24.5 Å². The van der Waals surface area contributed by atoms with Crippen LogP contribution >= 0.6 is 0 Å². The van der Waals surface area contributed by atoms with Crippen molar-refractivity contribution in [2.45, 2.75) is 63.2 Å². The van der Waals surface area contributed by atoms with Gasteiger partial charge in [-0.15, -0.1) is 8.78 Å². The minimum absolute atomic E-state index is 0.0490. The van der Waals surface area contributed by atoms with Crippen LogP contribution in [0, 0.1) is 11.3 Å². The zero-order valence-electron chi connectivity index (χ0n) is 18.3. The molecule has 0 aromatic heterocycles. The largest absolute Gasteiger partial charge is 0.586 e. The van der Waals surface area contributed by atoms with Gasteiger partial charge in [-0.25, -0.2) is 4.79 Å². The van der Waals surface area contributed by atoms with Crippen molar-refractivity contribution < 1.29 is 32.6 Å². The molecule has 0 radical (unpaired) electrons. The number of rotatable bonds is 3. The molecule has 5 rings (SSSR count). The number of halogens is 2. The molecule has 1 N–H and O–H groups in total. The fourth-order valence-electron chi connectivity index (χ4n) is 5.91. The van der Waals surface area contributed by atoms with Gasteiger partial charge in [-0.05, 0) is 74.5 Å². The average molecular weight is 450 g/mol. The van der Waals surface area contributed by atoms with E-state index >= 15 is 0 Å². The lowest BCUT2D eigenvalue weighted by Crippen LogP contribution is -2.59. The second-order valence-electron chi connectivity index (χ2n) is 10.1. The topological polar surface area (TPSA) is 77.1 Å². The van der Waals surface area contributed by atoms with Gasteiger partial charge in [-0.3, -0.25) is 4.79 Å². The minimum Gasteiger partial charge on any atom is -0.453 e. The Kier molecular flexibility index (Phi) is 4.80. The van der Waals surface area contributed by atoms with Crippen LogP contribution in [0.25, 0.3) is 0 Å². The van der Waals surface area contributed by atoms with E-state index in [4.69, 9.17) is 0 Å². The Hall–Kier alpha value is -2.58. The van der Waals surface area contributed by atoms with Gasteiger partial charge < -0.3 is 24.4 Å². The monoisotopic (exact) mass is 450 g/mol. The zero-order valence-corrected chi connectivity index (χ0v) is 18.3. The van der Waals surface area contributed by atoms with Gasteiger partial charge in [0.05, 0.1) is 7.11 Å². The summed E-state index contributed by atoms with van der Waals surface area (Å²) < 4.78 is 40.2. The predicted octanol–water partition coefficient (Wildman–Crippen LogP) is 4.02. The quantitative estimate of drug-likeness (QED) is 0.753. The molecule has 0 unspecified atom stereocenters. The van der Waals surface area contributed by atoms with Crippen molar-refractivity contribution in [3.8, 4) is 11.5 Å². The maximum absolute atomic E-state index is 13.3. The molecule has 174 valence electrons. The molecule has 0 bridgehead atoms. The van der Waals surface area contributed by atoms with E-state index in [-0.39, 0.29) is 34.3 Å². The normalized spacial score (nSPS) is 29.8. The van der Waals surface area contributed by atoms with Crippen LogP contribution in [0.5, 0.6) is 11.5 Å². The summed E-state index contributed by atoms with van der Waals surface area (Å²) in [7, 11) is 1.33. The van der Waals surface area contributed by atoms with Crippen LogP contribution in [0.15, 0.2) is 18.2 Å². The van der Waals surface area contributed by atoms with Gasteiger partial charge in [0.2, 0.25) is 5.91 Å². The van der Waals surface area contributed by atoms with Gasteiger partial charge >= 0.3 is 12.4 Å². The number of alkyl halides is 2. The zero-order chi connectivity index (χ0) is 22.7. The van der Waals surface area contributed by atoms with Crippen molar-refractivity contribution in [2.75, 3.05) is 20.2 Å². The van der Waals surface area contributed by atoms with Gasteiger partial charge in [-0.1, -0.05) is 6.07 Å². The summed E-state index contributed by atoms with van der Waals surface area (Å²) in [5, 5.41) is 2.81. The minimum atomic E-state index is -3.59. The highest BCUT2D eigenvalue weighted by molar-refractivity contribution is 5.81. The fraction of sp³-hybridized carbons (Fsp3) is 0.652. The highest BCUT2D eigenvalue weighted by atomic mass is 19.3. The number of ether oxygens (including phenoxy) is 3. The molecule has 1 spiro atoms. The number of carbonyl (C=O) groups excluding carboxylic acids is 2. The number of hydrogen-bond donors (Lipinski definition) is 1. The van der Waals surface area contributed by atoms with Crippen molar-refractivity contribution in [3.05, 3.63) is 23.8 Å². The van der Waals surface area contributed by atoms with E-state index in [2.05, 4.69) is 19.5 Å². The molecule has 9 heteroatoms. The lowest BCUT2D eigenvalue weighted by molar-refractivity contribution is -0.286. The van der Waals surface area contributed by atoms with E-state index in [0.29, 0.717) is 18.8 Å². The van der Waals surface area contributed by atoms with Crippen molar-refractivity contribution in [1.29, 1.82) is 0 Å². The highest BCUT2D eigenvalue weighted by Crippen LogP contribution is 2.58. The summed E-state index contributed by atoms with van der Waals surface area (Å²) in [4.78, 5) is 26.3. The number of fused-ring (bicyclic) bond motifs is 1. The molecule has 2 heterocycles. The molecule has 1 saturated heterocycles. The van der Waals surface area contributed by atoms with Crippen LogP contribution < -0.4 is 14.8 Å². The van der Waals surface area contributed by atoms with Crippen LogP contribution in [0.4, 0.5) is 13.6 Å². The van der Waals surface area contributed by atoms with Gasteiger partial charge in [0.15, 0.2) is 11.5 Å². The average Bonchev–Trinajstić information content (AvgIpc) is 3.02. The van der Waals surface area contributed by atoms with Crippen molar-refractivity contribution in [2.24, 2.45) is 11.3 Å². The Bertz CT molecular complexity index is 930. The first-order valence-corrected chi connectivity index (χ1v) is 11.1. The van der Waals surface area contributed by atoms with Crippen LogP contribution in [-0.2, 0) is 9.53 Å². The Labute approximate surface area is 185 Å².